The van der Waals surface area contributed by atoms with Crippen LogP contribution >= 0.6 is 0 Å². The number of rotatable bonds is 1. The van der Waals surface area contributed by atoms with E-state index in [1.54, 1.807) is 0 Å². The van der Waals surface area contributed by atoms with Crippen molar-refractivity contribution in [2.24, 2.45) is 0 Å². The first-order valence-corrected chi connectivity index (χ1v) is 5.94. The summed E-state index contributed by atoms with van der Waals surface area (Å²) in [7, 11) is 0. The van der Waals surface area contributed by atoms with Crippen LogP contribution in [0.5, 0.6) is 0 Å². The summed E-state index contributed by atoms with van der Waals surface area (Å²) in [5, 5.41) is 8.77. The molecule has 2 aromatic rings. The van der Waals surface area contributed by atoms with Gasteiger partial charge >= 0.3 is 0 Å². The molecule has 0 heterocycles. The third kappa shape index (κ3) is 1.70. The molecular weight excluding hydrogens is 222 g/mol. The number of fused-ring (bicyclic) bond motifs is 1. The summed E-state index contributed by atoms with van der Waals surface area (Å²) < 4.78 is 0. The molecule has 0 atom stereocenters. The molecule has 0 aromatic heterocycles. The van der Waals surface area contributed by atoms with E-state index in [0.717, 1.165) is 28.7 Å². The summed E-state index contributed by atoms with van der Waals surface area (Å²) in [5.41, 5.74) is 4.86. The van der Waals surface area contributed by atoms with Gasteiger partial charge in [0.1, 0.15) is 0 Å². The molecule has 0 spiro atoms. The maximum Gasteiger partial charge on any atom is 0.163 e. The Bertz CT molecular complexity index is 662. The topological polar surface area (TPSA) is 40.9 Å². The van der Waals surface area contributed by atoms with Gasteiger partial charge in [-0.15, -0.1) is 0 Å². The minimum Gasteiger partial charge on any atom is -0.294 e. The summed E-state index contributed by atoms with van der Waals surface area (Å²) in [6, 6.07) is 15.6. The Morgan fingerprint density at radius 1 is 0.944 bits per heavy atom. The first kappa shape index (κ1) is 10.7. The van der Waals surface area contributed by atoms with Crippen molar-refractivity contribution in [2.45, 2.75) is 12.8 Å². The Balaban J connectivity index is 2.02. The lowest BCUT2D eigenvalue weighted by molar-refractivity contribution is 0.0994. The van der Waals surface area contributed by atoms with Gasteiger partial charge in [0.25, 0.3) is 0 Å². The number of hydrogen-bond donors (Lipinski definition) is 0. The monoisotopic (exact) mass is 233 g/mol. The second-order valence-electron chi connectivity index (χ2n) is 4.48. The van der Waals surface area contributed by atoms with Crippen molar-refractivity contribution in [3.05, 3.63) is 59.2 Å². The quantitative estimate of drug-likeness (QED) is 0.757. The van der Waals surface area contributed by atoms with Crippen LogP contribution in [0.3, 0.4) is 0 Å². The van der Waals surface area contributed by atoms with Gasteiger partial charge in [-0.2, -0.15) is 5.26 Å². The molecule has 0 unspecified atom stereocenters. The van der Waals surface area contributed by atoms with Crippen LogP contribution in [-0.2, 0) is 6.42 Å². The van der Waals surface area contributed by atoms with Gasteiger partial charge in [-0.05, 0) is 35.2 Å². The van der Waals surface area contributed by atoms with Crippen molar-refractivity contribution in [1.29, 1.82) is 5.26 Å². The number of ketones is 1. The molecule has 1 aliphatic carbocycles. The number of aryl methyl sites for hydroxylation is 1. The Morgan fingerprint density at radius 3 is 2.39 bits per heavy atom. The van der Waals surface area contributed by atoms with Gasteiger partial charge < -0.3 is 0 Å². The fourth-order valence-corrected chi connectivity index (χ4v) is 2.37. The molecule has 0 saturated carbocycles. The van der Waals surface area contributed by atoms with Gasteiger partial charge in [0.05, 0.1) is 11.6 Å². The molecule has 0 N–H and O–H groups in total. The number of Topliss-reactive ketones (excluding diaryl/α,β-unsaturated/α-hetero) is 1. The average molecular weight is 233 g/mol. The van der Waals surface area contributed by atoms with E-state index in [-0.39, 0.29) is 5.78 Å². The Morgan fingerprint density at radius 2 is 1.67 bits per heavy atom. The number of hydrogen-bond acceptors (Lipinski definition) is 2. The van der Waals surface area contributed by atoms with Crippen LogP contribution in [-0.4, -0.2) is 5.78 Å². The molecule has 1 aliphatic rings. The first-order valence-electron chi connectivity index (χ1n) is 5.94. The molecule has 3 rings (SSSR count). The molecule has 2 nitrogen and oxygen atoms in total. The molecular formula is C16H11NO. The first-order chi connectivity index (χ1) is 8.78. The number of nitrogens with zero attached hydrogens (tertiary/aromatic N) is 1. The molecule has 0 radical (unpaired) electrons. The van der Waals surface area contributed by atoms with Crippen LogP contribution in [0.15, 0.2) is 42.5 Å². The molecule has 0 fully saturated rings. The molecule has 2 aromatic carbocycles. The van der Waals surface area contributed by atoms with Crippen molar-refractivity contribution in [2.75, 3.05) is 0 Å². The molecule has 0 bridgehead atoms. The Kier molecular flexibility index (Phi) is 2.46. The largest absolute Gasteiger partial charge is 0.294 e. The molecule has 86 valence electrons. The molecule has 18 heavy (non-hydrogen) atoms. The number of nitriles is 1. The summed E-state index contributed by atoms with van der Waals surface area (Å²) >= 11 is 0. The van der Waals surface area contributed by atoms with E-state index in [1.807, 2.05) is 36.4 Å². The average Bonchev–Trinajstić information content (AvgIpc) is 2.80. The van der Waals surface area contributed by atoms with Crippen LogP contribution in [0, 0.1) is 11.3 Å². The summed E-state index contributed by atoms with van der Waals surface area (Å²) in [4.78, 5) is 11.6. The zero-order valence-electron chi connectivity index (χ0n) is 9.81. The van der Waals surface area contributed by atoms with E-state index in [4.69, 9.17) is 5.26 Å². The van der Waals surface area contributed by atoms with E-state index >= 15 is 0 Å². The van der Waals surface area contributed by atoms with Gasteiger partial charge in [-0.3, -0.25) is 4.79 Å². The van der Waals surface area contributed by atoms with Crippen molar-refractivity contribution in [3.63, 3.8) is 0 Å². The highest BCUT2D eigenvalue weighted by Crippen LogP contribution is 2.28. The lowest BCUT2D eigenvalue weighted by atomic mass is 10.00. The van der Waals surface area contributed by atoms with Crippen molar-refractivity contribution >= 4 is 5.78 Å². The lowest BCUT2D eigenvalue weighted by Gasteiger charge is -2.04. The fraction of sp³-hybridized carbons (Fsp3) is 0.125. The van der Waals surface area contributed by atoms with Crippen LogP contribution in [0.25, 0.3) is 11.1 Å². The predicted octanol–water partition coefficient (Wildman–Crippen LogP) is 3.35. The minimum atomic E-state index is 0.247. The fourth-order valence-electron chi connectivity index (χ4n) is 2.37. The Labute approximate surface area is 105 Å². The second kappa shape index (κ2) is 4.12. The highest BCUT2D eigenvalue weighted by molar-refractivity contribution is 6.00. The van der Waals surface area contributed by atoms with Gasteiger partial charge in [0.2, 0.25) is 0 Å². The van der Waals surface area contributed by atoms with Crippen molar-refractivity contribution in [3.8, 4) is 17.2 Å². The summed E-state index contributed by atoms with van der Waals surface area (Å²) in [6.07, 6.45) is 1.48. The molecule has 0 amide bonds. The molecule has 2 heteroatoms. The van der Waals surface area contributed by atoms with Crippen LogP contribution < -0.4 is 0 Å². The van der Waals surface area contributed by atoms with Crippen LogP contribution in [0.4, 0.5) is 0 Å². The number of carbonyl (C=O) groups excluding carboxylic acids is 1. The van der Waals surface area contributed by atoms with E-state index in [0.29, 0.717) is 12.0 Å². The van der Waals surface area contributed by atoms with E-state index in [1.165, 1.54) is 0 Å². The SMILES string of the molecule is N#Cc1ccc(-c2ccc3c(c2)CCC3=O)cc1. The second-order valence-corrected chi connectivity index (χ2v) is 4.48. The maximum atomic E-state index is 11.6. The third-order valence-corrected chi connectivity index (χ3v) is 3.37. The van der Waals surface area contributed by atoms with Gasteiger partial charge in [-0.1, -0.05) is 30.3 Å². The van der Waals surface area contributed by atoms with Crippen molar-refractivity contribution in [1.82, 2.24) is 0 Å². The smallest absolute Gasteiger partial charge is 0.163 e. The van der Waals surface area contributed by atoms with Gasteiger partial charge in [-0.25, -0.2) is 0 Å². The van der Waals surface area contributed by atoms with E-state index < -0.39 is 0 Å². The standard InChI is InChI=1S/C16H11NO/c17-10-11-1-3-12(4-2-11)13-5-7-15-14(9-13)6-8-16(15)18/h1-5,7,9H,6,8H2. The summed E-state index contributed by atoms with van der Waals surface area (Å²) in [5.74, 6) is 0.247. The van der Waals surface area contributed by atoms with E-state index in [2.05, 4.69) is 12.1 Å². The summed E-state index contributed by atoms with van der Waals surface area (Å²) in [6.45, 7) is 0. The van der Waals surface area contributed by atoms with Gasteiger partial charge in [0.15, 0.2) is 5.78 Å². The van der Waals surface area contributed by atoms with Crippen molar-refractivity contribution < 1.29 is 4.79 Å². The molecule has 0 aliphatic heterocycles. The van der Waals surface area contributed by atoms with Gasteiger partial charge in [0, 0.05) is 12.0 Å². The zero-order valence-corrected chi connectivity index (χ0v) is 9.81. The predicted molar refractivity (Wildman–Crippen MR) is 69.2 cm³/mol. The maximum absolute atomic E-state index is 11.6. The van der Waals surface area contributed by atoms with Crippen LogP contribution in [0.2, 0.25) is 0 Å². The Hall–Kier alpha value is -2.40. The number of benzene rings is 2. The highest BCUT2D eigenvalue weighted by atomic mass is 16.1. The minimum absolute atomic E-state index is 0.247. The lowest BCUT2D eigenvalue weighted by Crippen LogP contribution is -1.90. The zero-order chi connectivity index (χ0) is 12.5. The molecule has 0 saturated heterocycles. The normalized spacial score (nSPS) is 13.2. The third-order valence-electron chi connectivity index (χ3n) is 3.37. The van der Waals surface area contributed by atoms with E-state index in [9.17, 15) is 4.79 Å². The van der Waals surface area contributed by atoms with Crippen LogP contribution in [0.1, 0.15) is 27.9 Å². The number of carbonyl (C=O) groups is 1. The highest BCUT2D eigenvalue weighted by Gasteiger charge is 2.19.